The quantitative estimate of drug-likeness (QED) is 0.530. The van der Waals surface area contributed by atoms with Crippen LogP contribution in [-0.2, 0) is 6.54 Å². The minimum Gasteiger partial charge on any atom is -0.319 e. The van der Waals surface area contributed by atoms with Gasteiger partial charge in [-0.1, -0.05) is 46.3 Å². The summed E-state index contributed by atoms with van der Waals surface area (Å²) < 4.78 is 3.56. The van der Waals surface area contributed by atoms with E-state index in [-0.39, 0.29) is 0 Å². The summed E-state index contributed by atoms with van der Waals surface area (Å²) in [6.45, 7) is 0.732. The van der Waals surface area contributed by atoms with Crippen molar-refractivity contribution in [3.05, 3.63) is 63.3 Å². The molecule has 0 aliphatic carbocycles. The second kappa shape index (κ2) is 5.30. The lowest BCUT2D eigenvalue weighted by molar-refractivity contribution is 0.845. The number of hydrogen-bond donors (Lipinski definition) is 1. The van der Waals surface area contributed by atoms with Gasteiger partial charge in [-0.05, 0) is 36.0 Å². The molecular formula is C16H11BrN4S. The number of benzene rings is 2. The number of rotatable bonds is 2. The first-order chi connectivity index (χ1) is 10.7. The van der Waals surface area contributed by atoms with Gasteiger partial charge in [0.2, 0.25) is 4.77 Å². The van der Waals surface area contributed by atoms with E-state index in [4.69, 9.17) is 12.2 Å². The van der Waals surface area contributed by atoms with E-state index in [1.54, 1.807) is 0 Å². The Kier molecular flexibility index (Phi) is 3.28. The zero-order valence-corrected chi connectivity index (χ0v) is 13.9. The Morgan fingerprint density at radius 2 is 1.95 bits per heavy atom. The minimum atomic E-state index is 0.392. The van der Waals surface area contributed by atoms with Crippen LogP contribution in [0.25, 0.3) is 22.1 Å². The van der Waals surface area contributed by atoms with E-state index in [9.17, 15) is 0 Å². The van der Waals surface area contributed by atoms with E-state index in [1.165, 1.54) is 5.56 Å². The maximum absolute atomic E-state index is 5.14. The first-order valence-corrected chi connectivity index (χ1v) is 8.00. The molecule has 6 heteroatoms. The molecule has 0 saturated carbocycles. The highest BCUT2D eigenvalue weighted by Crippen LogP contribution is 2.29. The van der Waals surface area contributed by atoms with Crippen LogP contribution >= 0.6 is 28.1 Å². The van der Waals surface area contributed by atoms with Gasteiger partial charge in [-0.15, -0.1) is 0 Å². The zero-order chi connectivity index (χ0) is 15.1. The van der Waals surface area contributed by atoms with E-state index >= 15 is 0 Å². The Labute approximate surface area is 139 Å². The molecular weight excluding hydrogens is 360 g/mol. The number of aromatic amines is 1. The Bertz CT molecular complexity index is 1040. The fourth-order valence-corrected chi connectivity index (χ4v) is 3.16. The average molecular weight is 371 g/mol. The number of nitrogens with zero attached hydrogens (tertiary/aromatic N) is 3. The summed E-state index contributed by atoms with van der Waals surface area (Å²) >= 11 is 8.66. The van der Waals surface area contributed by atoms with Gasteiger partial charge in [0.15, 0.2) is 5.65 Å². The Morgan fingerprint density at radius 3 is 2.77 bits per heavy atom. The molecule has 108 valence electrons. The molecule has 0 saturated heterocycles. The molecule has 2 heterocycles. The molecule has 0 unspecified atom stereocenters. The molecule has 4 rings (SSSR count). The Hall–Kier alpha value is -2.05. The molecule has 2 aromatic carbocycles. The highest BCUT2D eigenvalue weighted by Gasteiger charge is 2.14. The third kappa shape index (κ3) is 2.24. The summed E-state index contributed by atoms with van der Waals surface area (Å²) in [7, 11) is 0. The van der Waals surface area contributed by atoms with Crippen molar-refractivity contribution < 1.29 is 0 Å². The third-order valence-electron chi connectivity index (χ3n) is 3.63. The van der Waals surface area contributed by atoms with Gasteiger partial charge in [0.05, 0.1) is 5.52 Å². The topological polar surface area (TPSA) is 46.5 Å². The van der Waals surface area contributed by atoms with Crippen LogP contribution in [0.1, 0.15) is 5.56 Å². The lowest BCUT2D eigenvalue weighted by Crippen LogP contribution is -2.01. The number of halogens is 1. The van der Waals surface area contributed by atoms with Crippen molar-refractivity contribution in [3.8, 4) is 0 Å². The molecule has 4 aromatic rings. The summed E-state index contributed by atoms with van der Waals surface area (Å²) in [6.07, 6.45) is 0. The minimum absolute atomic E-state index is 0.392. The standard InChI is InChI=1S/C16H11BrN4S/c17-11-6-7-13-12(8-11)14-15(18-16(22)20-19-14)21(13)9-10-4-2-1-3-5-10/h1-8H,9H2,(H,18,20,22). The van der Waals surface area contributed by atoms with E-state index in [0.717, 1.165) is 33.1 Å². The molecule has 0 spiro atoms. The van der Waals surface area contributed by atoms with Crippen molar-refractivity contribution in [2.75, 3.05) is 0 Å². The monoisotopic (exact) mass is 370 g/mol. The van der Waals surface area contributed by atoms with Crippen LogP contribution in [0.15, 0.2) is 53.0 Å². The van der Waals surface area contributed by atoms with Crippen LogP contribution in [-0.4, -0.2) is 19.7 Å². The average Bonchev–Trinajstić information content (AvgIpc) is 2.81. The number of aromatic nitrogens is 4. The van der Waals surface area contributed by atoms with Gasteiger partial charge in [-0.2, -0.15) is 10.1 Å². The predicted molar refractivity (Wildman–Crippen MR) is 93.5 cm³/mol. The zero-order valence-electron chi connectivity index (χ0n) is 11.5. The van der Waals surface area contributed by atoms with Gasteiger partial charge < -0.3 is 4.57 Å². The molecule has 0 aliphatic rings. The van der Waals surface area contributed by atoms with Crippen LogP contribution < -0.4 is 0 Å². The fraction of sp³-hybridized carbons (Fsp3) is 0.0625. The van der Waals surface area contributed by atoms with Gasteiger partial charge in [0.25, 0.3) is 0 Å². The molecule has 0 atom stereocenters. The lowest BCUT2D eigenvalue weighted by Gasteiger charge is -2.06. The summed E-state index contributed by atoms with van der Waals surface area (Å²) in [6, 6.07) is 16.5. The van der Waals surface area contributed by atoms with Crippen molar-refractivity contribution in [2.45, 2.75) is 6.54 Å². The van der Waals surface area contributed by atoms with Crippen molar-refractivity contribution in [1.29, 1.82) is 0 Å². The van der Waals surface area contributed by atoms with E-state index in [0.29, 0.717) is 4.77 Å². The maximum atomic E-state index is 5.14. The third-order valence-corrected chi connectivity index (χ3v) is 4.30. The summed E-state index contributed by atoms with van der Waals surface area (Å²) in [5.74, 6) is 0. The summed E-state index contributed by atoms with van der Waals surface area (Å²) in [4.78, 5) is 4.48. The Balaban J connectivity index is 2.05. The van der Waals surface area contributed by atoms with Crippen LogP contribution in [0.5, 0.6) is 0 Å². The molecule has 0 fully saturated rings. The van der Waals surface area contributed by atoms with E-state index in [1.807, 2.05) is 24.3 Å². The van der Waals surface area contributed by atoms with Crippen LogP contribution in [0.2, 0.25) is 0 Å². The molecule has 22 heavy (non-hydrogen) atoms. The summed E-state index contributed by atoms with van der Waals surface area (Å²) in [5, 5.41) is 8.22. The highest BCUT2D eigenvalue weighted by atomic mass is 79.9. The van der Waals surface area contributed by atoms with Gasteiger partial charge in [-0.3, -0.25) is 5.10 Å². The highest BCUT2D eigenvalue weighted by molar-refractivity contribution is 9.10. The van der Waals surface area contributed by atoms with Gasteiger partial charge in [0, 0.05) is 16.4 Å². The molecule has 4 nitrogen and oxygen atoms in total. The number of hydrogen-bond acceptors (Lipinski definition) is 3. The van der Waals surface area contributed by atoms with E-state index < -0.39 is 0 Å². The second-order valence-corrected chi connectivity index (χ2v) is 6.35. The normalized spacial score (nSPS) is 11.3. The van der Waals surface area contributed by atoms with E-state index in [2.05, 4.69) is 59.9 Å². The maximum Gasteiger partial charge on any atom is 0.215 e. The largest absolute Gasteiger partial charge is 0.319 e. The molecule has 0 amide bonds. The Morgan fingerprint density at radius 1 is 1.14 bits per heavy atom. The van der Waals surface area contributed by atoms with Crippen LogP contribution in [0.3, 0.4) is 0 Å². The molecule has 0 radical (unpaired) electrons. The van der Waals surface area contributed by atoms with Crippen molar-refractivity contribution >= 4 is 50.2 Å². The van der Waals surface area contributed by atoms with Crippen molar-refractivity contribution in [1.82, 2.24) is 19.7 Å². The van der Waals surface area contributed by atoms with Gasteiger partial charge >= 0.3 is 0 Å². The lowest BCUT2D eigenvalue weighted by atomic mass is 10.2. The smallest absolute Gasteiger partial charge is 0.215 e. The molecule has 2 aromatic heterocycles. The summed E-state index contributed by atoms with van der Waals surface area (Å²) in [5.41, 5.74) is 3.95. The number of H-pyrrole nitrogens is 1. The van der Waals surface area contributed by atoms with Crippen molar-refractivity contribution in [3.63, 3.8) is 0 Å². The van der Waals surface area contributed by atoms with Gasteiger partial charge in [0.1, 0.15) is 5.52 Å². The number of fused-ring (bicyclic) bond motifs is 3. The first-order valence-electron chi connectivity index (χ1n) is 6.80. The molecule has 0 aliphatic heterocycles. The SMILES string of the molecule is S=c1nc2c(n[nH]1)c1cc(Br)ccc1n2Cc1ccccc1. The van der Waals surface area contributed by atoms with Crippen molar-refractivity contribution in [2.24, 2.45) is 0 Å². The van der Waals surface area contributed by atoms with Crippen LogP contribution in [0, 0.1) is 4.77 Å². The van der Waals surface area contributed by atoms with Gasteiger partial charge in [-0.25, -0.2) is 0 Å². The second-order valence-electron chi connectivity index (χ2n) is 5.05. The van der Waals surface area contributed by atoms with Crippen LogP contribution in [0.4, 0.5) is 0 Å². The molecule has 1 N–H and O–H groups in total. The number of nitrogens with one attached hydrogen (secondary N) is 1. The first kappa shape index (κ1) is 13.6. The molecule has 0 bridgehead atoms. The predicted octanol–water partition coefficient (Wildman–Crippen LogP) is 4.45. The fourth-order valence-electron chi connectivity index (χ4n) is 2.67.